The van der Waals surface area contributed by atoms with Gasteiger partial charge in [-0.15, -0.1) is 0 Å². The number of carboxylic acid groups (broad SMARTS) is 1. The number of aliphatic hydroxyl groups is 1. The maximum atomic E-state index is 11.4. The second-order valence-electron chi connectivity index (χ2n) is 5.86. The van der Waals surface area contributed by atoms with E-state index in [1.807, 2.05) is 6.92 Å². The summed E-state index contributed by atoms with van der Waals surface area (Å²) in [5.74, 6) is -0.163. The molecular weight excluding hydrogens is 268 g/mol. The molecule has 3 N–H and O–H groups in total. The van der Waals surface area contributed by atoms with Crippen molar-refractivity contribution in [3.63, 3.8) is 0 Å². The fourth-order valence-electron chi connectivity index (χ4n) is 2.68. The Kier molecular flexibility index (Phi) is 5.56. The van der Waals surface area contributed by atoms with Gasteiger partial charge in [-0.25, -0.2) is 9.78 Å². The first kappa shape index (κ1) is 15.8. The van der Waals surface area contributed by atoms with Crippen LogP contribution in [0, 0.1) is 5.92 Å². The van der Waals surface area contributed by atoms with Crippen LogP contribution in [0.15, 0.2) is 6.07 Å². The Labute approximate surface area is 125 Å². The average molecular weight is 292 g/mol. The van der Waals surface area contributed by atoms with Crippen molar-refractivity contribution in [1.29, 1.82) is 0 Å². The second-order valence-corrected chi connectivity index (χ2v) is 5.86. The van der Waals surface area contributed by atoms with Gasteiger partial charge in [-0.1, -0.05) is 6.92 Å². The monoisotopic (exact) mass is 292 g/mol. The standard InChI is InChI=1S/C16H24N2O3/c1-11(10-19)5-4-8-17-15-13(16(20)21)9-12-6-2-3-7-14(12)18-15/h9,11,19H,2-8,10H2,1H3,(H,17,18)(H,20,21). The number of fused-ring (bicyclic) bond motifs is 1. The lowest BCUT2D eigenvalue weighted by Gasteiger charge is -2.18. The highest BCUT2D eigenvalue weighted by Gasteiger charge is 2.18. The number of nitrogens with zero attached hydrogens (tertiary/aromatic N) is 1. The van der Waals surface area contributed by atoms with E-state index in [0.29, 0.717) is 12.4 Å². The van der Waals surface area contributed by atoms with Crippen molar-refractivity contribution in [2.75, 3.05) is 18.5 Å². The van der Waals surface area contributed by atoms with Crippen molar-refractivity contribution in [3.05, 3.63) is 22.9 Å². The van der Waals surface area contributed by atoms with Crippen LogP contribution >= 0.6 is 0 Å². The first-order valence-electron chi connectivity index (χ1n) is 7.72. The van der Waals surface area contributed by atoms with Crippen LogP contribution in [0.3, 0.4) is 0 Å². The highest BCUT2D eigenvalue weighted by atomic mass is 16.4. The number of pyridine rings is 1. The third kappa shape index (κ3) is 4.17. The zero-order valence-corrected chi connectivity index (χ0v) is 12.6. The van der Waals surface area contributed by atoms with Crippen LogP contribution < -0.4 is 5.32 Å². The molecule has 5 heteroatoms. The maximum absolute atomic E-state index is 11.4. The number of hydrogen-bond donors (Lipinski definition) is 3. The summed E-state index contributed by atoms with van der Waals surface area (Å²) >= 11 is 0. The van der Waals surface area contributed by atoms with Gasteiger partial charge in [-0.3, -0.25) is 0 Å². The number of hydrogen-bond acceptors (Lipinski definition) is 4. The van der Waals surface area contributed by atoms with E-state index >= 15 is 0 Å². The van der Waals surface area contributed by atoms with Crippen molar-refractivity contribution in [2.24, 2.45) is 5.92 Å². The lowest BCUT2D eigenvalue weighted by Crippen LogP contribution is -2.15. The van der Waals surface area contributed by atoms with Gasteiger partial charge in [0.15, 0.2) is 0 Å². The molecule has 1 unspecified atom stereocenters. The van der Waals surface area contributed by atoms with E-state index in [2.05, 4.69) is 10.3 Å². The molecule has 0 saturated carbocycles. The largest absolute Gasteiger partial charge is 0.478 e. The molecule has 0 spiro atoms. The number of rotatable bonds is 7. The summed E-state index contributed by atoms with van der Waals surface area (Å²) in [5.41, 5.74) is 2.39. The molecule has 0 radical (unpaired) electrons. The van der Waals surface area contributed by atoms with Crippen molar-refractivity contribution in [2.45, 2.75) is 45.4 Å². The molecular formula is C16H24N2O3. The number of aliphatic hydroxyl groups excluding tert-OH is 1. The Bertz CT molecular complexity index is 503. The number of aromatic nitrogens is 1. The smallest absolute Gasteiger partial charge is 0.339 e. The Balaban J connectivity index is 2.05. The van der Waals surface area contributed by atoms with Crippen LogP contribution in [0.1, 0.15) is 54.2 Å². The lowest BCUT2D eigenvalue weighted by atomic mass is 9.94. The fourth-order valence-corrected chi connectivity index (χ4v) is 2.68. The van der Waals surface area contributed by atoms with Crippen LogP contribution in [-0.4, -0.2) is 34.3 Å². The number of carbonyl (C=O) groups is 1. The topological polar surface area (TPSA) is 82.5 Å². The third-order valence-corrected chi connectivity index (χ3v) is 4.01. The molecule has 0 fully saturated rings. The molecule has 1 aromatic rings. The van der Waals surface area contributed by atoms with Gasteiger partial charge in [0.1, 0.15) is 11.4 Å². The summed E-state index contributed by atoms with van der Waals surface area (Å²) in [6.45, 7) is 2.87. The van der Waals surface area contributed by atoms with Crippen LogP contribution in [0.4, 0.5) is 5.82 Å². The Hall–Kier alpha value is -1.62. The van der Waals surface area contributed by atoms with E-state index in [-0.39, 0.29) is 18.1 Å². The molecule has 21 heavy (non-hydrogen) atoms. The summed E-state index contributed by atoms with van der Waals surface area (Å²) in [5, 5.41) is 21.5. The molecule has 0 amide bonds. The SMILES string of the molecule is CC(CO)CCCNc1nc2c(cc1C(=O)O)CCCC2. The van der Waals surface area contributed by atoms with Crippen LogP contribution in [0.2, 0.25) is 0 Å². The quantitative estimate of drug-likeness (QED) is 0.673. The molecule has 0 aromatic carbocycles. The van der Waals surface area contributed by atoms with Crippen molar-refractivity contribution in [3.8, 4) is 0 Å². The minimum absolute atomic E-state index is 0.192. The second kappa shape index (κ2) is 7.41. The number of anilines is 1. The summed E-state index contributed by atoms with van der Waals surface area (Å²) in [6, 6.07) is 1.78. The van der Waals surface area contributed by atoms with Crippen LogP contribution in [0.5, 0.6) is 0 Å². The van der Waals surface area contributed by atoms with E-state index in [9.17, 15) is 9.90 Å². The molecule has 0 saturated heterocycles. The van der Waals surface area contributed by atoms with Crippen molar-refractivity contribution >= 4 is 11.8 Å². The number of nitrogens with one attached hydrogen (secondary N) is 1. The predicted molar refractivity (Wildman–Crippen MR) is 81.8 cm³/mol. The van der Waals surface area contributed by atoms with E-state index in [1.54, 1.807) is 6.07 Å². The van der Waals surface area contributed by atoms with Gasteiger partial charge in [0.05, 0.1) is 0 Å². The summed E-state index contributed by atoms with van der Waals surface area (Å²) < 4.78 is 0. The molecule has 1 atom stereocenters. The van der Waals surface area contributed by atoms with E-state index in [0.717, 1.165) is 49.8 Å². The molecule has 2 rings (SSSR count). The summed E-state index contributed by atoms with van der Waals surface area (Å²) in [6.07, 6.45) is 5.90. The number of aryl methyl sites for hydroxylation is 2. The normalized spacial score (nSPS) is 15.3. The molecule has 0 aliphatic heterocycles. The van der Waals surface area contributed by atoms with Crippen LogP contribution in [-0.2, 0) is 12.8 Å². The maximum Gasteiger partial charge on any atom is 0.339 e. The minimum atomic E-state index is -0.929. The van der Waals surface area contributed by atoms with Gasteiger partial charge in [-0.05, 0) is 56.1 Å². The Morgan fingerprint density at radius 2 is 2.19 bits per heavy atom. The Morgan fingerprint density at radius 3 is 2.90 bits per heavy atom. The first-order valence-corrected chi connectivity index (χ1v) is 7.72. The summed E-state index contributed by atoms with van der Waals surface area (Å²) in [7, 11) is 0. The first-order chi connectivity index (χ1) is 10.1. The third-order valence-electron chi connectivity index (χ3n) is 4.01. The predicted octanol–water partition coefficient (Wildman–Crippen LogP) is 2.48. The van der Waals surface area contributed by atoms with Gasteiger partial charge >= 0.3 is 5.97 Å². The highest BCUT2D eigenvalue weighted by molar-refractivity contribution is 5.93. The van der Waals surface area contributed by atoms with Gasteiger partial charge in [0, 0.05) is 18.8 Å². The zero-order chi connectivity index (χ0) is 15.2. The molecule has 1 heterocycles. The van der Waals surface area contributed by atoms with Gasteiger partial charge in [0.25, 0.3) is 0 Å². The minimum Gasteiger partial charge on any atom is -0.478 e. The molecule has 1 aliphatic carbocycles. The fraction of sp³-hybridized carbons (Fsp3) is 0.625. The zero-order valence-electron chi connectivity index (χ0n) is 12.6. The highest BCUT2D eigenvalue weighted by Crippen LogP contribution is 2.24. The summed E-state index contributed by atoms with van der Waals surface area (Å²) in [4.78, 5) is 15.9. The van der Waals surface area contributed by atoms with Crippen LogP contribution in [0.25, 0.3) is 0 Å². The molecule has 1 aliphatic rings. The molecule has 0 bridgehead atoms. The number of carboxylic acids is 1. The van der Waals surface area contributed by atoms with E-state index in [4.69, 9.17) is 5.11 Å². The lowest BCUT2D eigenvalue weighted by molar-refractivity contribution is 0.0697. The van der Waals surface area contributed by atoms with Gasteiger partial charge < -0.3 is 15.5 Å². The number of aromatic carboxylic acids is 1. The Morgan fingerprint density at radius 1 is 1.43 bits per heavy atom. The van der Waals surface area contributed by atoms with E-state index in [1.165, 1.54) is 0 Å². The van der Waals surface area contributed by atoms with Gasteiger partial charge in [0.2, 0.25) is 0 Å². The molecule has 1 aromatic heterocycles. The van der Waals surface area contributed by atoms with E-state index < -0.39 is 5.97 Å². The molecule has 116 valence electrons. The van der Waals surface area contributed by atoms with Crippen molar-refractivity contribution in [1.82, 2.24) is 4.98 Å². The van der Waals surface area contributed by atoms with Crippen molar-refractivity contribution < 1.29 is 15.0 Å². The average Bonchev–Trinajstić information content (AvgIpc) is 2.50. The van der Waals surface area contributed by atoms with Gasteiger partial charge in [-0.2, -0.15) is 0 Å². The molecule has 5 nitrogen and oxygen atoms in total.